The lowest BCUT2D eigenvalue weighted by molar-refractivity contribution is 0.0524. The van der Waals surface area contributed by atoms with E-state index in [1.54, 1.807) is 49.4 Å². The molecule has 0 unspecified atom stereocenters. The minimum atomic E-state index is -0.725. The predicted molar refractivity (Wildman–Crippen MR) is 97.0 cm³/mol. The van der Waals surface area contributed by atoms with Crippen molar-refractivity contribution in [2.45, 2.75) is 6.92 Å². The maximum Gasteiger partial charge on any atom is 0.346 e. The summed E-state index contributed by atoms with van der Waals surface area (Å²) < 4.78 is 21.5. The Bertz CT molecular complexity index is 1020. The van der Waals surface area contributed by atoms with Crippen LogP contribution in [0.3, 0.4) is 0 Å². The molecule has 0 radical (unpaired) electrons. The number of hydrogen-bond acceptors (Lipinski definition) is 6. The summed E-state index contributed by atoms with van der Waals surface area (Å²) in [6.07, 6.45) is 0. The fourth-order valence-electron chi connectivity index (χ4n) is 2.71. The molecule has 1 heterocycles. The monoisotopic (exact) mass is 354 g/mol. The largest absolute Gasteiger partial charge is 0.493 e. The van der Waals surface area contributed by atoms with Crippen LogP contribution in [0.15, 0.2) is 51.7 Å². The van der Waals surface area contributed by atoms with E-state index in [9.17, 15) is 9.59 Å². The fourth-order valence-corrected chi connectivity index (χ4v) is 2.71. The molecule has 26 heavy (non-hydrogen) atoms. The number of ether oxygens (including phenoxy) is 3. The second-order valence-electron chi connectivity index (χ2n) is 5.42. The second kappa shape index (κ2) is 7.31. The molecule has 6 heteroatoms. The quantitative estimate of drug-likeness (QED) is 0.651. The van der Waals surface area contributed by atoms with Crippen LogP contribution < -0.4 is 14.9 Å². The zero-order chi connectivity index (χ0) is 18.7. The van der Waals surface area contributed by atoms with Gasteiger partial charge < -0.3 is 18.6 Å². The molecule has 0 fully saturated rings. The molecule has 1 aromatic heterocycles. The molecule has 0 bridgehead atoms. The van der Waals surface area contributed by atoms with Gasteiger partial charge in [0.15, 0.2) is 22.8 Å². The van der Waals surface area contributed by atoms with E-state index in [-0.39, 0.29) is 17.9 Å². The van der Waals surface area contributed by atoms with E-state index < -0.39 is 11.4 Å². The minimum Gasteiger partial charge on any atom is -0.493 e. The van der Waals surface area contributed by atoms with Crippen LogP contribution in [0.25, 0.3) is 22.3 Å². The zero-order valence-electron chi connectivity index (χ0n) is 14.7. The molecule has 0 N–H and O–H groups in total. The van der Waals surface area contributed by atoms with Crippen molar-refractivity contribution in [3.63, 3.8) is 0 Å². The summed E-state index contributed by atoms with van der Waals surface area (Å²) in [7, 11) is 3.03. The average molecular weight is 354 g/mol. The summed E-state index contributed by atoms with van der Waals surface area (Å²) in [5, 5.41) is 0.319. The van der Waals surface area contributed by atoms with Crippen molar-refractivity contribution in [1.29, 1.82) is 0 Å². The molecule has 134 valence electrons. The Morgan fingerprint density at radius 1 is 1.04 bits per heavy atom. The number of methoxy groups -OCH3 is 2. The molecule has 6 nitrogen and oxygen atoms in total. The van der Waals surface area contributed by atoms with Gasteiger partial charge in [0, 0.05) is 5.56 Å². The topological polar surface area (TPSA) is 75.0 Å². The number of carbonyl (C=O) groups is 1. The molecule has 0 aliphatic rings. The van der Waals surface area contributed by atoms with E-state index in [1.165, 1.54) is 14.2 Å². The molecule has 0 aliphatic carbocycles. The van der Waals surface area contributed by atoms with Crippen molar-refractivity contribution < 1.29 is 23.4 Å². The normalized spacial score (nSPS) is 10.6. The Kier molecular flexibility index (Phi) is 4.93. The third kappa shape index (κ3) is 3.01. The summed E-state index contributed by atoms with van der Waals surface area (Å²) in [5.74, 6) is 0.387. The van der Waals surface area contributed by atoms with Crippen molar-refractivity contribution >= 4 is 16.9 Å². The number of esters is 1. The number of para-hydroxylation sites is 1. The average Bonchev–Trinajstić information content (AvgIpc) is 2.67. The van der Waals surface area contributed by atoms with Gasteiger partial charge in [-0.2, -0.15) is 0 Å². The van der Waals surface area contributed by atoms with Crippen molar-refractivity contribution in [1.82, 2.24) is 0 Å². The van der Waals surface area contributed by atoms with Crippen LogP contribution in [0.5, 0.6) is 11.5 Å². The highest BCUT2D eigenvalue weighted by atomic mass is 16.5. The number of benzene rings is 2. The Labute approximate surface area is 149 Å². The van der Waals surface area contributed by atoms with E-state index in [0.717, 1.165) is 0 Å². The summed E-state index contributed by atoms with van der Waals surface area (Å²) in [6.45, 7) is 1.83. The van der Waals surface area contributed by atoms with E-state index in [1.807, 2.05) is 0 Å². The molecule has 0 atom stereocenters. The van der Waals surface area contributed by atoms with E-state index in [0.29, 0.717) is 28.0 Å². The Balaban J connectivity index is 2.32. The first kappa shape index (κ1) is 17.5. The first-order valence-corrected chi connectivity index (χ1v) is 8.06. The third-order valence-electron chi connectivity index (χ3n) is 3.92. The van der Waals surface area contributed by atoms with E-state index in [2.05, 4.69) is 0 Å². The van der Waals surface area contributed by atoms with Gasteiger partial charge in [-0.05, 0) is 37.3 Å². The highest BCUT2D eigenvalue weighted by molar-refractivity contribution is 5.99. The Hall–Kier alpha value is -3.28. The lowest BCUT2D eigenvalue weighted by atomic mass is 10.0. The molecule has 0 saturated carbocycles. The van der Waals surface area contributed by atoms with Gasteiger partial charge in [-0.25, -0.2) is 4.79 Å². The van der Waals surface area contributed by atoms with Crippen molar-refractivity contribution in [3.8, 4) is 22.8 Å². The van der Waals surface area contributed by atoms with Gasteiger partial charge in [0.2, 0.25) is 5.43 Å². The first-order chi connectivity index (χ1) is 12.6. The van der Waals surface area contributed by atoms with Crippen LogP contribution in [0.4, 0.5) is 0 Å². The molecule has 3 rings (SSSR count). The lowest BCUT2D eigenvalue weighted by Crippen LogP contribution is -2.19. The molecule has 2 aromatic carbocycles. The maximum atomic E-state index is 12.9. The summed E-state index contributed by atoms with van der Waals surface area (Å²) >= 11 is 0. The highest BCUT2D eigenvalue weighted by Gasteiger charge is 2.24. The molecule has 0 spiro atoms. The maximum absolute atomic E-state index is 12.9. The smallest absolute Gasteiger partial charge is 0.346 e. The Morgan fingerprint density at radius 3 is 2.46 bits per heavy atom. The second-order valence-corrected chi connectivity index (χ2v) is 5.42. The Morgan fingerprint density at radius 2 is 1.77 bits per heavy atom. The van der Waals surface area contributed by atoms with Gasteiger partial charge in [0.25, 0.3) is 0 Å². The molecular formula is C20H18O6. The molecule has 0 saturated heterocycles. The van der Waals surface area contributed by atoms with Crippen LogP contribution in [0, 0.1) is 0 Å². The molecule has 0 amide bonds. The van der Waals surface area contributed by atoms with Gasteiger partial charge >= 0.3 is 5.97 Å². The predicted octanol–water partition coefficient (Wildman–Crippen LogP) is 3.65. The zero-order valence-corrected chi connectivity index (χ0v) is 14.7. The first-order valence-electron chi connectivity index (χ1n) is 8.06. The fraction of sp³-hybridized carbons (Fsp3) is 0.200. The van der Waals surface area contributed by atoms with Crippen LogP contribution in [-0.4, -0.2) is 26.8 Å². The van der Waals surface area contributed by atoms with Gasteiger partial charge in [0.05, 0.1) is 26.2 Å². The number of hydrogen-bond donors (Lipinski definition) is 0. The van der Waals surface area contributed by atoms with Crippen molar-refractivity contribution in [2.75, 3.05) is 20.8 Å². The number of rotatable bonds is 5. The van der Waals surface area contributed by atoms with Gasteiger partial charge in [0.1, 0.15) is 5.58 Å². The number of carbonyl (C=O) groups excluding carboxylic acids is 1. The summed E-state index contributed by atoms with van der Waals surface area (Å²) in [5.41, 5.74) is 0.316. The van der Waals surface area contributed by atoms with Crippen LogP contribution in [-0.2, 0) is 4.74 Å². The SMILES string of the molecule is CCOC(=O)c1c(-c2ccc(OC)c(OC)c2)oc2ccccc2c1=O. The van der Waals surface area contributed by atoms with Crippen LogP contribution in [0.2, 0.25) is 0 Å². The van der Waals surface area contributed by atoms with Crippen LogP contribution >= 0.6 is 0 Å². The lowest BCUT2D eigenvalue weighted by Gasteiger charge is -2.12. The molecular weight excluding hydrogens is 336 g/mol. The third-order valence-corrected chi connectivity index (χ3v) is 3.92. The van der Waals surface area contributed by atoms with E-state index in [4.69, 9.17) is 18.6 Å². The standard InChI is InChI=1S/C20H18O6/c1-4-25-20(22)17-18(21)13-7-5-6-8-14(13)26-19(17)12-9-10-15(23-2)16(11-12)24-3/h5-11H,4H2,1-3H3. The van der Waals surface area contributed by atoms with Crippen molar-refractivity contribution in [3.05, 3.63) is 58.3 Å². The van der Waals surface area contributed by atoms with Crippen LogP contribution in [0.1, 0.15) is 17.3 Å². The summed E-state index contributed by atoms with van der Waals surface area (Å²) in [4.78, 5) is 25.3. The summed E-state index contributed by atoms with van der Waals surface area (Å²) in [6, 6.07) is 11.8. The molecule has 3 aromatic rings. The number of fused-ring (bicyclic) bond motifs is 1. The molecule has 0 aliphatic heterocycles. The van der Waals surface area contributed by atoms with Gasteiger partial charge in [-0.1, -0.05) is 12.1 Å². The highest BCUT2D eigenvalue weighted by Crippen LogP contribution is 2.34. The van der Waals surface area contributed by atoms with Gasteiger partial charge in [-0.15, -0.1) is 0 Å². The minimum absolute atomic E-state index is 0.133. The van der Waals surface area contributed by atoms with Crippen molar-refractivity contribution in [2.24, 2.45) is 0 Å². The van der Waals surface area contributed by atoms with E-state index >= 15 is 0 Å². The van der Waals surface area contributed by atoms with Gasteiger partial charge in [-0.3, -0.25) is 4.79 Å².